The Balaban J connectivity index is 2.34. The molecule has 0 saturated carbocycles. The van der Waals surface area contributed by atoms with Crippen LogP contribution in [0.25, 0.3) is 21.5 Å². The average molecular weight is 314 g/mol. The Labute approximate surface area is 134 Å². The second-order valence-electron chi connectivity index (χ2n) is 6.35. The van der Waals surface area contributed by atoms with Crippen LogP contribution in [0.5, 0.6) is 5.75 Å². The van der Waals surface area contributed by atoms with E-state index in [1.807, 2.05) is 13.0 Å². The first-order valence-corrected chi connectivity index (χ1v) is 7.68. The van der Waals surface area contributed by atoms with Crippen LogP contribution in [-0.2, 0) is 0 Å². The van der Waals surface area contributed by atoms with Crippen LogP contribution in [0.3, 0.4) is 0 Å². The van der Waals surface area contributed by atoms with Gasteiger partial charge in [-0.2, -0.15) is 8.78 Å². The Morgan fingerprint density at radius 2 is 1.52 bits per heavy atom. The molecule has 3 aromatic rings. The molecule has 120 valence electrons. The lowest BCUT2D eigenvalue weighted by Crippen LogP contribution is -2.19. The quantitative estimate of drug-likeness (QED) is 0.510. The Bertz CT molecular complexity index is 921. The van der Waals surface area contributed by atoms with Crippen LogP contribution in [-0.4, -0.2) is 6.11 Å². The third-order valence-electron chi connectivity index (χ3n) is 4.54. The summed E-state index contributed by atoms with van der Waals surface area (Å²) in [5, 5.41) is 4.38. The number of rotatable bonds is 2. The van der Waals surface area contributed by atoms with E-state index in [2.05, 4.69) is 32.9 Å². The molecule has 0 bridgehead atoms. The molecule has 0 radical (unpaired) electrons. The number of fused-ring (bicyclic) bond motifs is 3. The molecule has 1 nitrogen and oxygen atoms in total. The summed E-state index contributed by atoms with van der Waals surface area (Å²) < 4.78 is 31.0. The predicted molar refractivity (Wildman–Crippen MR) is 91.7 cm³/mol. The average Bonchev–Trinajstić information content (AvgIpc) is 2.42. The molecule has 23 heavy (non-hydrogen) atoms. The van der Waals surface area contributed by atoms with Crippen LogP contribution < -0.4 is 4.74 Å². The topological polar surface area (TPSA) is 9.23 Å². The molecule has 3 aromatic carbocycles. The highest BCUT2D eigenvalue weighted by molar-refractivity contribution is 6.10. The number of hydrogen-bond acceptors (Lipinski definition) is 1. The molecule has 3 rings (SSSR count). The van der Waals surface area contributed by atoms with Gasteiger partial charge in [0.1, 0.15) is 5.75 Å². The maximum atomic E-state index is 13.1. The van der Waals surface area contributed by atoms with Gasteiger partial charge in [-0.25, -0.2) is 0 Å². The van der Waals surface area contributed by atoms with Crippen molar-refractivity contribution in [1.82, 2.24) is 0 Å². The first-order valence-electron chi connectivity index (χ1n) is 7.68. The molecule has 0 aromatic heterocycles. The summed E-state index contributed by atoms with van der Waals surface area (Å²) in [6.07, 6.45) is -3.18. The minimum atomic E-state index is -3.18. The van der Waals surface area contributed by atoms with Crippen molar-refractivity contribution in [2.75, 3.05) is 0 Å². The molecule has 0 unspecified atom stereocenters. The van der Waals surface area contributed by atoms with Crippen molar-refractivity contribution in [1.29, 1.82) is 0 Å². The molecule has 0 fully saturated rings. The van der Waals surface area contributed by atoms with Crippen molar-refractivity contribution in [2.24, 2.45) is 0 Å². The second kappa shape index (κ2) is 5.19. The fraction of sp³-hybridized carbons (Fsp3) is 0.300. The van der Waals surface area contributed by atoms with E-state index >= 15 is 0 Å². The van der Waals surface area contributed by atoms with Gasteiger partial charge in [0.05, 0.1) is 0 Å². The Morgan fingerprint density at radius 1 is 0.826 bits per heavy atom. The molecule has 0 aliphatic carbocycles. The lowest BCUT2D eigenvalue weighted by atomic mass is 9.91. The highest BCUT2D eigenvalue weighted by Crippen LogP contribution is 2.35. The number of alkyl halides is 2. The van der Waals surface area contributed by atoms with Gasteiger partial charge in [0, 0.05) is 6.92 Å². The van der Waals surface area contributed by atoms with E-state index in [-0.39, 0.29) is 5.75 Å². The van der Waals surface area contributed by atoms with Gasteiger partial charge in [-0.05, 0) is 83.6 Å². The highest BCUT2D eigenvalue weighted by atomic mass is 19.3. The molecule has 0 aliphatic rings. The summed E-state index contributed by atoms with van der Waals surface area (Å²) in [6, 6.07) is 9.59. The van der Waals surface area contributed by atoms with E-state index in [0.29, 0.717) is 0 Å². The number of benzene rings is 3. The number of aryl methyl sites for hydroxylation is 3. The van der Waals surface area contributed by atoms with Crippen molar-refractivity contribution in [3.05, 3.63) is 52.6 Å². The van der Waals surface area contributed by atoms with Gasteiger partial charge in [-0.1, -0.05) is 18.2 Å². The maximum absolute atomic E-state index is 13.1. The third kappa shape index (κ3) is 2.76. The van der Waals surface area contributed by atoms with E-state index in [0.717, 1.165) is 28.6 Å². The van der Waals surface area contributed by atoms with Crippen molar-refractivity contribution >= 4 is 21.5 Å². The Morgan fingerprint density at radius 3 is 2.17 bits per heavy atom. The first kappa shape index (κ1) is 15.7. The van der Waals surface area contributed by atoms with E-state index in [1.165, 1.54) is 22.1 Å². The zero-order valence-corrected chi connectivity index (χ0v) is 14.1. The smallest absolute Gasteiger partial charge is 0.394 e. The molecule has 0 aliphatic heterocycles. The van der Waals surface area contributed by atoms with Crippen molar-refractivity contribution in [3.63, 3.8) is 0 Å². The van der Waals surface area contributed by atoms with Gasteiger partial charge in [0.2, 0.25) is 0 Å². The van der Waals surface area contributed by atoms with Crippen molar-refractivity contribution in [3.8, 4) is 5.75 Å². The normalized spacial score (nSPS) is 12.1. The second-order valence-corrected chi connectivity index (χ2v) is 6.35. The first-order chi connectivity index (χ1) is 10.7. The van der Waals surface area contributed by atoms with Gasteiger partial charge in [-0.15, -0.1) is 0 Å². The maximum Gasteiger partial charge on any atom is 0.394 e. The summed E-state index contributed by atoms with van der Waals surface area (Å²) in [6.45, 7) is 9.04. The minimum absolute atomic E-state index is 0.197. The molecule has 0 N–H and O–H groups in total. The van der Waals surface area contributed by atoms with Crippen LogP contribution >= 0.6 is 0 Å². The number of halogens is 2. The lowest BCUT2D eigenvalue weighted by molar-refractivity contribution is -0.158. The zero-order chi connectivity index (χ0) is 16.9. The standard InChI is InChI=1S/C20H20F2O/c1-11-9-18-17(14(4)13(11)3)7-6-15-10-16(23-20(5,21)22)8-12(2)19(15)18/h6-10H,1-5H3. The van der Waals surface area contributed by atoms with Crippen LogP contribution in [0.4, 0.5) is 8.78 Å². The molecule has 0 heterocycles. The summed E-state index contributed by atoms with van der Waals surface area (Å²) in [7, 11) is 0. The molecule has 0 atom stereocenters. The third-order valence-corrected chi connectivity index (χ3v) is 4.54. The van der Waals surface area contributed by atoms with Gasteiger partial charge in [0.25, 0.3) is 0 Å². The van der Waals surface area contributed by atoms with Crippen LogP contribution in [0, 0.1) is 27.7 Å². The fourth-order valence-corrected chi connectivity index (χ4v) is 3.24. The number of ether oxygens (including phenoxy) is 1. The highest BCUT2D eigenvalue weighted by Gasteiger charge is 2.23. The summed E-state index contributed by atoms with van der Waals surface area (Å²) in [4.78, 5) is 0. The molecular formula is C20H20F2O. The summed E-state index contributed by atoms with van der Waals surface area (Å²) >= 11 is 0. The zero-order valence-electron chi connectivity index (χ0n) is 14.1. The molecule has 0 spiro atoms. The van der Waals surface area contributed by atoms with E-state index in [1.54, 1.807) is 12.1 Å². The van der Waals surface area contributed by atoms with E-state index < -0.39 is 6.11 Å². The summed E-state index contributed by atoms with van der Waals surface area (Å²) in [5.41, 5.74) is 4.74. The largest absolute Gasteiger partial charge is 0.433 e. The Kier molecular flexibility index (Phi) is 3.55. The van der Waals surface area contributed by atoms with E-state index in [4.69, 9.17) is 4.74 Å². The molecular weight excluding hydrogens is 294 g/mol. The predicted octanol–water partition coefficient (Wildman–Crippen LogP) is 6.22. The van der Waals surface area contributed by atoms with Gasteiger partial charge >= 0.3 is 6.11 Å². The minimum Gasteiger partial charge on any atom is -0.433 e. The van der Waals surface area contributed by atoms with Gasteiger partial charge in [-0.3, -0.25) is 0 Å². The van der Waals surface area contributed by atoms with Crippen LogP contribution in [0.15, 0.2) is 30.3 Å². The molecule has 3 heteroatoms. The van der Waals surface area contributed by atoms with Crippen molar-refractivity contribution in [2.45, 2.75) is 40.7 Å². The molecule has 0 amide bonds. The van der Waals surface area contributed by atoms with Gasteiger partial charge < -0.3 is 4.74 Å². The molecule has 0 saturated heterocycles. The number of hydrogen-bond donors (Lipinski definition) is 0. The van der Waals surface area contributed by atoms with E-state index in [9.17, 15) is 8.78 Å². The summed E-state index contributed by atoms with van der Waals surface area (Å²) in [5.74, 6) is 0.197. The SMILES string of the molecule is Cc1cc2c(ccc3cc(OC(C)(F)F)cc(C)c32)c(C)c1C. The lowest BCUT2D eigenvalue weighted by Gasteiger charge is -2.17. The fourth-order valence-electron chi connectivity index (χ4n) is 3.24. The van der Waals surface area contributed by atoms with Crippen LogP contribution in [0.1, 0.15) is 29.2 Å². The van der Waals surface area contributed by atoms with Gasteiger partial charge in [0.15, 0.2) is 0 Å². The van der Waals surface area contributed by atoms with Crippen molar-refractivity contribution < 1.29 is 13.5 Å². The Hall–Kier alpha value is -2.16. The van der Waals surface area contributed by atoms with Crippen LogP contribution in [0.2, 0.25) is 0 Å². The monoisotopic (exact) mass is 314 g/mol.